The van der Waals surface area contributed by atoms with Crippen molar-refractivity contribution in [1.82, 2.24) is 9.97 Å². The fourth-order valence-electron chi connectivity index (χ4n) is 1.68. The van der Waals surface area contributed by atoms with Gasteiger partial charge in [-0.15, -0.1) is 0 Å². The molecule has 0 aliphatic rings. The first-order valence-electron chi connectivity index (χ1n) is 6.11. The van der Waals surface area contributed by atoms with Crippen LogP contribution in [0.25, 0.3) is 0 Å². The second-order valence-electron chi connectivity index (χ2n) is 3.92. The first-order valence-corrected chi connectivity index (χ1v) is 7.51. The van der Waals surface area contributed by atoms with Gasteiger partial charge in [0.1, 0.15) is 18.0 Å². The van der Waals surface area contributed by atoms with E-state index in [2.05, 4.69) is 28.5 Å². The van der Waals surface area contributed by atoms with Gasteiger partial charge in [-0.3, -0.25) is 0 Å². The van der Waals surface area contributed by atoms with E-state index in [0.717, 1.165) is 24.3 Å². The number of rotatable bonds is 8. The molecule has 0 radical (unpaired) electrons. The maximum Gasteiger partial charge on any atom is 0.134 e. The maximum absolute atomic E-state index is 5.81. The molecule has 0 saturated heterocycles. The number of nitrogens with one attached hydrogen (secondary N) is 1. The molecule has 96 valence electrons. The fraction of sp³-hybridized carbons (Fsp3) is 0.667. The zero-order valence-electron chi connectivity index (χ0n) is 10.7. The Hall–Kier alpha value is -0.970. The average Bonchev–Trinajstić information content (AvgIpc) is 2.34. The Balaban J connectivity index is 2.33. The quantitative estimate of drug-likeness (QED) is 0.698. The van der Waals surface area contributed by atoms with Crippen LogP contribution in [0.5, 0.6) is 0 Å². The van der Waals surface area contributed by atoms with Crippen molar-refractivity contribution in [3.05, 3.63) is 11.9 Å². The molecule has 4 nitrogen and oxygen atoms in total. The van der Waals surface area contributed by atoms with Gasteiger partial charge in [0.05, 0.1) is 0 Å². The number of hydrogen-bond acceptors (Lipinski definition) is 5. The summed E-state index contributed by atoms with van der Waals surface area (Å²) in [7, 11) is 0. The number of nitrogens with zero attached hydrogens (tertiary/aromatic N) is 2. The lowest BCUT2D eigenvalue weighted by Gasteiger charge is -2.10. The third kappa shape index (κ3) is 4.81. The predicted octanol–water partition coefficient (Wildman–Crippen LogP) is 2.57. The highest BCUT2D eigenvalue weighted by molar-refractivity contribution is 7.98. The van der Waals surface area contributed by atoms with Gasteiger partial charge in [-0.05, 0) is 31.3 Å². The van der Waals surface area contributed by atoms with Crippen molar-refractivity contribution in [1.29, 1.82) is 0 Å². The SMILES string of the molecule is CCc1c(N)ncnc1NCCCCCSC. The van der Waals surface area contributed by atoms with Crippen LogP contribution in [0.3, 0.4) is 0 Å². The summed E-state index contributed by atoms with van der Waals surface area (Å²) in [4.78, 5) is 8.24. The van der Waals surface area contributed by atoms with Crippen LogP contribution in [-0.2, 0) is 6.42 Å². The standard InChI is InChI=1S/C12H22N4S/c1-3-10-11(13)15-9-16-12(10)14-7-5-4-6-8-17-2/h9H,3-8H2,1-2H3,(H3,13,14,15,16). The Morgan fingerprint density at radius 3 is 2.82 bits per heavy atom. The van der Waals surface area contributed by atoms with E-state index in [1.807, 2.05) is 11.8 Å². The van der Waals surface area contributed by atoms with Crippen molar-refractivity contribution in [3.63, 3.8) is 0 Å². The third-order valence-electron chi connectivity index (χ3n) is 2.65. The van der Waals surface area contributed by atoms with E-state index >= 15 is 0 Å². The molecule has 1 heterocycles. The highest BCUT2D eigenvalue weighted by atomic mass is 32.2. The molecule has 5 heteroatoms. The smallest absolute Gasteiger partial charge is 0.134 e. The molecule has 0 bridgehead atoms. The molecule has 0 aliphatic heterocycles. The van der Waals surface area contributed by atoms with Gasteiger partial charge in [0, 0.05) is 12.1 Å². The molecule has 1 aromatic rings. The van der Waals surface area contributed by atoms with Crippen LogP contribution in [0.2, 0.25) is 0 Å². The van der Waals surface area contributed by atoms with Crippen molar-refractivity contribution in [3.8, 4) is 0 Å². The van der Waals surface area contributed by atoms with Gasteiger partial charge in [-0.2, -0.15) is 11.8 Å². The van der Waals surface area contributed by atoms with E-state index in [0.29, 0.717) is 5.82 Å². The van der Waals surface area contributed by atoms with Crippen molar-refractivity contribution >= 4 is 23.4 Å². The first kappa shape index (κ1) is 14.1. The summed E-state index contributed by atoms with van der Waals surface area (Å²) in [6, 6.07) is 0. The molecule has 0 aromatic carbocycles. The van der Waals surface area contributed by atoms with Crippen LogP contribution in [0, 0.1) is 0 Å². The number of nitrogens with two attached hydrogens (primary N) is 1. The normalized spacial score (nSPS) is 10.5. The first-order chi connectivity index (χ1) is 8.29. The molecular formula is C12H22N4S. The number of aromatic nitrogens is 2. The highest BCUT2D eigenvalue weighted by Crippen LogP contribution is 2.17. The summed E-state index contributed by atoms with van der Waals surface area (Å²) in [5, 5.41) is 3.34. The topological polar surface area (TPSA) is 63.8 Å². The lowest BCUT2D eigenvalue weighted by atomic mass is 10.2. The van der Waals surface area contributed by atoms with Gasteiger partial charge in [0.2, 0.25) is 0 Å². The van der Waals surface area contributed by atoms with Gasteiger partial charge in [0.25, 0.3) is 0 Å². The second-order valence-corrected chi connectivity index (χ2v) is 4.91. The van der Waals surface area contributed by atoms with Crippen LogP contribution in [0.15, 0.2) is 6.33 Å². The van der Waals surface area contributed by atoms with Crippen molar-refractivity contribution < 1.29 is 0 Å². The molecule has 17 heavy (non-hydrogen) atoms. The van der Waals surface area contributed by atoms with E-state index in [9.17, 15) is 0 Å². The Morgan fingerprint density at radius 1 is 1.29 bits per heavy atom. The number of thioether (sulfide) groups is 1. The molecule has 0 atom stereocenters. The monoisotopic (exact) mass is 254 g/mol. The minimum atomic E-state index is 0.590. The lowest BCUT2D eigenvalue weighted by Crippen LogP contribution is -2.09. The Bertz CT molecular complexity index is 330. The number of anilines is 2. The van der Waals surface area contributed by atoms with E-state index in [1.165, 1.54) is 31.3 Å². The molecule has 0 aliphatic carbocycles. The van der Waals surface area contributed by atoms with E-state index in [-0.39, 0.29) is 0 Å². The minimum absolute atomic E-state index is 0.590. The molecule has 0 spiro atoms. The summed E-state index contributed by atoms with van der Waals surface area (Å²) in [6.07, 6.45) is 8.25. The fourth-order valence-corrected chi connectivity index (χ4v) is 2.17. The molecule has 0 saturated carbocycles. The maximum atomic E-state index is 5.81. The second kappa shape index (κ2) is 8.17. The van der Waals surface area contributed by atoms with Crippen LogP contribution < -0.4 is 11.1 Å². The Kier molecular flexibility index (Phi) is 6.77. The zero-order valence-corrected chi connectivity index (χ0v) is 11.5. The third-order valence-corrected chi connectivity index (χ3v) is 3.35. The summed E-state index contributed by atoms with van der Waals surface area (Å²) < 4.78 is 0. The Labute approximate surface area is 108 Å². The number of unbranched alkanes of at least 4 members (excludes halogenated alkanes) is 2. The van der Waals surface area contributed by atoms with E-state index < -0.39 is 0 Å². The van der Waals surface area contributed by atoms with Crippen molar-refractivity contribution in [2.45, 2.75) is 32.6 Å². The Morgan fingerprint density at radius 2 is 2.12 bits per heavy atom. The van der Waals surface area contributed by atoms with Gasteiger partial charge in [-0.1, -0.05) is 13.3 Å². The van der Waals surface area contributed by atoms with Crippen LogP contribution >= 0.6 is 11.8 Å². The molecule has 3 N–H and O–H groups in total. The molecule has 0 fully saturated rings. The lowest BCUT2D eigenvalue weighted by molar-refractivity contribution is 0.747. The van der Waals surface area contributed by atoms with Crippen molar-refractivity contribution in [2.75, 3.05) is 29.6 Å². The molecular weight excluding hydrogens is 232 g/mol. The van der Waals surface area contributed by atoms with Gasteiger partial charge in [-0.25, -0.2) is 9.97 Å². The molecule has 1 rings (SSSR count). The average molecular weight is 254 g/mol. The predicted molar refractivity (Wildman–Crippen MR) is 76.5 cm³/mol. The van der Waals surface area contributed by atoms with Crippen LogP contribution in [-0.4, -0.2) is 28.5 Å². The van der Waals surface area contributed by atoms with Crippen LogP contribution in [0.4, 0.5) is 11.6 Å². The summed E-state index contributed by atoms with van der Waals surface area (Å²) >= 11 is 1.91. The summed E-state index contributed by atoms with van der Waals surface area (Å²) in [6.45, 7) is 3.02. The molecule has 1 aromatic heterocycles. The van der Waals surface area contributed by atoms with Gasteiger partial charge in [0.15, 0.2) is 0 Å². The van der Waals surface area contributed by atoms with E-state index in [4.69, 9.17) is 5.73 Å². The molecule has 0 unspecified atom stereocenters. The highest BCUT2D eigenvalue weighted by Gasteiger charge is 2.05. The van der Waals surface area contributed by atoms with Gasteiger partial charge >= 0.3 is 0 Å². The van der Waals surface area contributed by atoms with E-state index in [1.54, 1.807) is 0 Å². The molecule has 0 amide bonds. The summed E-state index contributed by atoms with van der Waals surface area (Å²) in [5.41, 5.74) is 6.83. The zero-order chi connectivity index (χ0) is 12.5. The summed E-state index contributed by atoms with van der Waals surface area (Å²) in [5.74, 6) is 2.73. The van der Waals surface area contributed by atoms with Crippen molar-refractivity contribution in [2.24, 2.45) is 0 Å². The minimum Gasteiger partial charge on any atom is -0.383 e. The van der Waals surface area contributed by atoms with Gasteiger partial charge < -0.3 is 11.1 Å². The number of hydrogen-bond donors (Lipinski definition) is 2. The number of nitrogen functional groups attached to an aromatic ring is 1. The van der Waals surface area contributed by atoms with Crippen LogP contribution in [0.1, 0.15) is 31.7 Å². The largest absolute Gasteiger partial charge is 0.383 e.